The molecule has 1 aromatic heterocycles. The van der Waals surface area contributed by atoms with E-state index < -0.39 is 0 Å². The van der Waals surface area contributed by atoms with Crippen molar-refractivity contribution in [3.8, 4) is 0 Å². The fraction of sp³-hybridized carbons (Fsp3) is 0.158. The molecule has 0 aliphatic heterocycles. The van der Waals surface area contributed by atoms with Crippen molar-refractivity contribution in [2.24, 2.45) is 0 Å². The highest BCUT2D eigenvalue weighted by atomic mass is 16.2. The summed E-state index contributed by atoms with van der Waals surface area (Å²) in [5, 5.41) is 6.73. The molecule has 0 unspecified atom stereocenters. The summed E-state index contributed by atoms with van der Waals surface area (Å²) in [6, 6.07) is 14.5. The van der Waals surface area contributed by atoms with Crippen LogP contribution in [0.1, 0.15) is 10.4 Å². The predicted octanol–water partition coefficient (Wildman–Crippen LogP) is 2.92. The van der Waals surface area contributed by atoms with E-state index in [9.17, 15) is 9.59 Å². The average molecular weight is 336 g/mol. The molecule has 0 spiro atoms. The molecule has 25 heavy (non-hydrogen) atoms. The van der Waals surface area contributed by atoms with Crippen LogP contribution in [0.25, 0.3) is 10.9 Å². The fourth-order valence-corrected chi connectivity index (χ4v) is 2.61. The van der Waals surface area contributed by atoms with E-state index in [1.54, 1.807) is 29.2 Å². The number of nitrogens with zero attached hydrogens (tertiary/aromatic N) is 1. The Hall–Kier alpha value is -3.12. The molecule has 6 nitrogen and oxygen atoms in total. The normalized spacial score (nSPS) is 10.8. The summed E-state index contributed by atoms with van der Waals surface area (Å²) >= 11 is 0. The van der Waals surface area contributed by atoms with Crippen LogP contribution in [0.15, 0.2) is 54.7 Å². The quantitative estimate of drug-likeness (QED) is 0.670. The maximum absolute atomic E-state index is 12.5. The lowest BCUT2D eigenvalue weighted by atomic mass is 10.1. The molecule has 0 radical (unpaired) electrons. The smallest absolute Gasteiger partial charge is 0.255 e. The Labute approximate surface area is 145 Å². The molecule has 128 valence electrons. The minimum atomic E-state index is -0.231. The second-order valence-corrected chi connectivity index (χ2v) is 6.07. The number of aromatic amines is 1. The zero-order chi connectivity index (χ0) is 17.8. The number of benzene rings is 2. The summed E-state index contributed by atoms with van der Waals surface area (Å²) in [4.78, 5) is 29.3. The number of likely N-dealkylation sites (N-methyl/N-ethyl adjacent to an activating group) is 1. The molecule has 3 N–H and O–H groups in total. The van der Waals surface area contributed by atoms with Gasteiger partial charge in [-0.05, 0) is 44.4 Å². The first-order valence-electron chi connectivity index (χ1n) is 7.95. The molecule has 6 heteroatoms. The number of para-hydroxylation sites is 1. The highest BCUT2D eigenvalue weighted by Gasteiger charge is 2.11. The second kappa shape index (κ2) is 7.19. The molecule has 1 heterocycles. The summed E-state index contributed by atoms with van der Waals surface area (Å²) in [5.74, 6) is -0.357. The number of amides is 2. The topological polar surface area (TPSA) is 77.2 Å². The minimum Gasteiger partial charge on any atom is -0.359 e. The van der Waals surface area contributed by atoms with Gasteiger partial charge < -0.3 is 20.5 Å². The van der Waals surface area contributed by atoms with Gasteiger partial charge in [0.15, 0.2) is 0 Å². The van der Waals surface area contributed by atoms with Gasteiger partial charge in [0.2, 0.25) is 5.91 Å². The van der Waals surface area contributed by atoms with E-state index in [0.717, 1.165) is 16.6 Å². The number of H-pyrrole nitrogens is 1. The Kier molecular flexibility index (Phi) is 4.81. The number of nitrogens with one attached hydrogen (secondary N) is 3. The van der Waals surface area contributed by atoms with Crippen molar-refractivity contribution < 1.29 is 9.59 Å². The molecular weight excluding hydrogens is 316 g/mol. The van der Waals surface area contributed by atoms with Crippen molar-refractivity contribution in [3.63, 3.8) is 0 Å². The van der Waals surface area contributed by atoms with Crippen LogP contribution in [-0.4, -0.2) is 42.3 Å². The molecule has 0 saturated carbocycles. The van der Waals surface area contributed by atoms with Crippen LogP contribution in [0.4, 0.5) is 11.4 Å². The van der Waals surface area contributed by atoms with Gasteiger partial charge in [-0.2, -0.15) is 0 Å². The molecule has 0 saturated heterocycles. The van der Waals surface area contributed by atoms with Crippen molar-refractivity contribution in [1.29, 1.82) is 0 Å². The monoisotopic (exact) mass is 336 g/mol. The Morgan fingerprint density at radius 1 is 1.04 bits per heavy atom. The van der Waals surface area contributed by atoms with Gasteiger partial charge in [-0.1, -0.05) is 18.2 Å². The van der Waals surface area contributed by atoms with Crippen molar-refractivity contribution in [3.05, 3.63) is 60.3 Å². The lowest BCUT2D eigenvalue weighted by Crippen LogP contribution is -2.27. The molecule has 2 aromatic carbocycles. The number of carbonyl (C=O) groups is 2. The Balaban J connectivity index is 1.75. The summed E-state index contributed by atoms with van der Waals surface area (Å²) in [6.07, 6.45) is 1.83. The number of rotatable bonds is 5. The van der Waals surface area contributed by atoms with E-state index in [0.29, 0.717) is 11.3 Å². The molecular formula is C19H20N4O2. The van der Waals surface area contributed by atoms with Crippen LogP contribution in [0.2, 0.25) is 0 Å². The van der Waals surface area contributed by atoms with Crippen LogP contribution < -0.4 is 10.6 Å². The number of fused-ring (bicyclic) bond motifs is 1. The van der Waals surface area contributed by atoms with E-state index in [1.807, 2.05) is 44.6 Å². The average Bonchev–Trinajstić information content (AvgIpc) is 3.04. The minimum absolute atomic E-state index is 0.126. The number of hydrogen-bond donors (Lipinski definition) is 3. The van der Waals surface area contributed by atoms with Crippen molar-refractivity contribution in [2.45, 2.75) is 0 Å². The standard InChI is InChI=1S/C19H20N4O2/c1-23(2)12-17(24)21-15-7-3-6-14(11-15)19(25)22-16-8-4-5-13-9-10-20-18(13)16/h3-11,20H,12H2,1-2H3,(H,21,24)(H,22,25). The molecule has 0 aliphatic rings. The van der Waals surface area contributed by atoms with E-state index in [2.05, 4.69) is 15.6 Å². The molecule has 0 fully saturated rings. The first-order chi connectivity index (χ1) is 12.0. The lowest BCUT2D eigenvalue weighted by molar-refractivity contribution is -0.116. The highest BCUT2D eigenvalue weighted by molar-refractivity contribution is 6.09. The Morgan fingerprint density at radius 3 is 2.64 bits per heavy atom. The highest BCUT2D eigenvalue weighted by Crippen LogP contribution is 2.22. The van der Waals surface area contributed by atoms with Crippen LogP contribution in [-0.2, 0) is 4.79 Å². The third-order valence-electron chi connectivity index (χ3n) is 3.70. The van der Waals surface area contributed by atoms with E-state index in [4.69, 9.17) is 0 Å². The van der Waals surface area contributed by atoms with Gasteiger partial charge in [0.1, 0.15) is 0 Å². The van der Waals surface area contributed by atoms with Crippen LogP contribution in [0.5, 0.6) is 0 Å². The van der Waals surface area contributed by atoms with Gasteiger partial charge in [0.05, 0.1) is 17.7 Å². The number of aromatic nitrogens is 1. The Morgan fingerprint density at radius 2 is 1.84 bits per heavy atom. The zero-order valence-electron chi connectivity index (χ0n) is 14.2. The van der Waals surface area contributed by atoms with Crippen LogP contribution >= 0.6 is 0 Å². The van der Waals surface area contributed by atoms with Gasteiger partial charge in [0.25, 0.3) is 5.91 Å². The van der Waals surface area contributed by atoms with Crippen molar-refractivity contribution in [2.75, 3.05) is 31.3 Å². The third-order valence-corrected chi connectivity index (χ3v) is 3.70. The second-order valence-electron chi connectivity index (χ2n) is 6.07. The zero-order valence-corrected chi connectivity index (χ0v) is 14.2. The lowest BCUT2D eigenvalue weighted by Gasteiger charge is -2.11. The van der Waals surface area contributed by atoms with Crippen molar-refractivity contribution in [1.82, 2.24) is 9.88 Å². The maximum atomic E-state index is 12.5. The summed E-state index contributed by atoms with van der Waals surface area (Å²) in [6.45, 7) is 0.283. The Bertz CT molecular complexity index is 914. The fourth-order valence-electron chi connectivity index (χ4n) is 2.61. The predicted molar refractivity (Wildman–Crippen MR) is 99.9 cm³/mol. The third kappa shape index (κ3) is 4.05. The molecule has 2 amide bonds. The summed E-state index contributed by atoms with van der Waals surface area (Å²) in [5.41, 5.74) is 2.67. The summed E-state index contributed by atoms with van der Waals surface area (Å²) < 4.78 is 0. The molecule has 0 bridgehead atoms. The van der Waals surface area contributed by atoms with E-state index in [1.165, 1.54) is 0 Å². The van der Waals surface area contributed by atoms with Gasteiger partial charge in [-0.3, -0.25) is 9.59 Å². The van der Waals surface area contributed by atoms with Crippen molar-refractivity contribution >= 4 is 34.1 Å². The summed E-state index contributed by atoms with van der Waals surface area (Å²) in [7, 11) is 3.65. The van der Waals surface area contributed by atoms with Gasteiger partial charge in [0, 0.05) is 22.8 Å². The van der Waals surface area contributed by atoms with E-state index >= 15 is 0 Å². The molecule has 3 aromatic rings. The SMILES string of the molecule is CN(C)CC(=O)Nc1cccc(C(=O)Nc2cccc3cc[nH]c23)c1. The largest absolute Gasteiger partial charge is 0.359 e. The van der Waals surface area contributed by atoms with Gasteiger partial charge in [-0.15, -0.1) is 0 Å². The van der Waals surface area contributed by atoms with E-state index in [-0.39, 0.29) is 18.4 Å². The first-order valence-corrected chi connectivity index (χ1v) is 7.95. The molecule has 0 atom stereocenters. The first kappa shape index (κ1) is 16.7. The van der Waals surface area contributed by atoms with Gasteiger partial charge >= 0.3 is 0 Å². The maximum Gasteiger partial charge on any atom is 0.255 e. The van der Waals surface area contributed by atoms with Gasteiger partial charge in [-0.25, -0.2) is 0 Å². The number of carbonyl (C=O) groups excluding carboxylic acids is 2. The van der Waals surface area contributed by atoms with Crippen LogP contribution in [0, 0.1) is 0 Å². The number of hydrogen-bond acceptors (Lipinski definition) is 3. The number of anilines is 2. The molecule has 3 rings (SSSR count). The van der Waals surface area contributed by atoms with Crippen LogP contribution in [0.3, 0.4) is 0 Å². The molecule has 0 aliphatic carbocycles.